The summed E-state index contributed by atoms with van der Waals surface area (Å²) in [6, 6.07) is 14.2. The van der Waals surface area contributed by atoms with E-state index in [9.17, 15) is 14.0 Å². The average Bonchev–Trinajstić information content (AvgIpc) is 2.74. The number of carbonyl (C=O) groups is 2. The van der Waals surface area contributed by atoms with Crippen molar-refractivity contribution in [3.05, 3.63) is 98.2 Å². The van der Waals surface area contributed by atoms with Gasteiger partial charge in [-0.15, -0.1) is 0 Å². The molecule has 0 heterocycles. The van der Waals surface area contributed by atoms with E-state index in [1.165, 1.54) is 19.1 Å². The molecule has 3 aromatic rings. The molecule has 32 heavy (non-hydrogen) atoms. The molecule has 166 valence electrons. The third-order valence-corrected chi connectivity index (χ3v) is 5.39. The Morgan fingerprint density at radius 1 is 0.969 bits per heavy atom. The van der Waals surface area contributed by atoms with Crippen LogP contribution in [0.15, 0.2) is 60.7 Å². The molecule has 0 radical (unpaired) electrons. The summed E-state index contributed by atoms with van der Waals surface area (Å²) in [6.07, 6.45) is -0.793. The molecule has 2 N–H and O–H groups in total. The molecule has 5 nitrogen and oxygen atoms in total. The predicted molar refractivity (Wildman–Crippen MR) is 121 cm³/mol. The largest absolute Gasteiger partial charge is 0.480 e. The Morgan fingerprint density at radius 3 is 2.22 bits per heavy atom. The molecule has 2 atom stereocenters. The zero-order valence-corrected chi connectivity index (χ0v) is 18.9. The summed E-state index contributed by atoms with van der Waals surface area (Å²) in [7, 11) is 0. The van der Waals surface area contributed by atoms with Gasteiger partial charge in [-0.1, -0.05) is 53.0 Å². The first-order valence-corrected chi connectivity index (χ1v) is 10.5. The summed E-state index contributed by atoms with van der Waals surface area (Å²) in [5.41, 5.74) is 1.17. The predicted octanol–water partition coefficient (Wildman–Crippen LogP) is 6.16. The van der Waals surface area contributed by atoms with Gasteiger partial charge in [0.1, 0.15) is 6.04 Å². The van der Waals surface area contributed by atoms with Crippen LogP contribution in [0.1, 0.15) is 34.5 Å². The molecule has 2 unspecified atom stereocenters. The number of aliphatic carboxylic acids is 1. The van der Waals surface area contributed by atoms with Gasteiger partial charge in [-0.3, -0.25) is 9.59 Å². The highest BCUT2D eigenvalue weighted by atomic mass is 35.5. The summed E-state index contributed by atoms with van der Waals surface area (Å²) in [4.78, 5) is 23.1. The van der Waals surface area contributed by atoms with Crippen molar-refractivity contribution in [2.45, 2.75) is 19.1 Å². The topological polar surface area (TPSA) is 75.6 Å². The Hall–Kier alpha value is -2.80. The lowest BCUT2D eigenvalue weighted by Gasteiger charge is -2.22. The molecule has 0 bridgehead atoms. The standard InChI is InChI=1S/C23H17Cl3FNO4/c1-12(23(30)31)28-22(29)14-4-9-20(19(27)10-14)32-21(13-2-5-15(24)6-3-13)17-8-7-16(25)11-18(17)26/h2-12,21H,1H3,(H,28,29)(H,30,31). The normalized spacial score (nSPS) is 12.7. The average molecular weight is 497 g/mol. The molecule has 0 aromatic heterocycles. The smallest absolute Gasteiger partial charge is 0.325 e. The molecule has 3 rings (SSSR count). The van der Waals surface area contributed by atoms with E-state index in [0.29, 0.717) is 26.2 Å². The summed E-state index contributed by atoms with van der Waals surface area (Å²) in [5, 5.41) is 12.5. The number of nitrogens with one attached hydrogen (secondary N) is 1. The van der Waals surface area contributed by atoms with Crippen molar-refractivity contribution < 1.29 is 23.8 Å². The van der Waals surface area contributed by atoms with Gasteiger partial charge in [0.25, 0.3) is 5.91 Å². The minimum atomic E-state index is -1.20. The summed E-state index contributed by atoms with van der Waals surface area (Å²) in [6.45, 7) is 1.31. The summed E-state index contributed by atoms with van der Waals surface area (Å²) in [5.74, 6) is -2.85. The number of ether oxygens (including phenoxy) is 1. The fourth-order valence-electron chi connectivity index (χ4n) is 2.87. The summed E-state index contributed by atoms with van der Waals surface area (Å²) >= 11 is 18.3. The van der Waals surface area contributed by atoms with Crippen molar-refractivity contribution in [3.8, 4) is 5.75 Å². The van der Waals surface area contributed by atoms with Gasteiger partial charge < -0.3 is 15.2 Å². The van der Waals surface area contributed by atoms with Crippen LogP contribution in [0, 0.1) is 5.82 Å². The van der Waals surface area contributed by atoms with Crippen molar-refractivity contribution in [3.63, 3.8) is 0 Å². The molecular weight excluding hydrogens is 480 g/mol. The van der Waals surface area contributed by atoms with E-state index in [0.717, 1.165) is 6.07 Å². The minimum Gasteiger partial charge on any atom is -0.480 e. The Bertz CT molecular complexity index is 1150. The number of halogens is 4. The van der Waals surface area contributed by atoms with Crippen LogP contribution in [0.25, 0.3) is 0 Å². The zero-order valence-electron chi connectivity index (χ0n) is 16.6. The highest BCUT2D eigenvalue weighted by molar-refractivity contribution is 6.35. The summed E-state index contributed by atoms with van der Waals surface area (Å²) < 4.78 is 20.8. The second-order valence-electron chi connectivity index (χ2n) is 6.89. The SMILES string of the molecule is CC(NC(=O)c1ccc(OC(c2ccc(Cl)cc2)c2ccc(Cl)cc2Cl)c(F)c1)C(=O)O. The molecular formula is C23H17Cl3FNO4. The first-order valence-electron chi connectivity index (χ1n) is 9.36. The first kappa shape index (κ1) is 23.9. The number of hydrogen-bond donors (Lipinski definition) is 2. The molecule has 0 spiro atoms. The monoisotopic (exact) mass is 495 g/mol. The molecule has 0 saturated carbocycles. The molecule has 3 aromatic carbocycles. The van der Waals surface area contributed by atoms with E-state index >= 15 is 0 Å². The van der Waals surface area contributed by atoms with Crippen molar-refractivity contribution in [1.29, 1.82) is 0 Å². The molecule has 9 heteroatoms. The number of hydrogen-bond acceptors (Lipinski definition) is 3. The maximum absolute atomic E-state index is 14.8. The Labute approximate surface area is 198 Å². The molecule has 0 fully saturated rings. The van der Waals surface area contributed by atoms with Crippen LogP contribution in [-0.2, 0) is 4.79 Å². The van der Waals surface area contributed by atoms with Crippen LogP contribution < -0.4 is 10.1 Å². The van der Waals surface area contributed by atoms with Gasteiger partial charge in [-0.25, -0.2) is 4.39 Å². The second-order valence-corrected chi connectivity index (χ2v) is 8.17. The van der Waals surface area contributed by atoms with Crippen molar-refractivity contribution >= 4 is 46.7 Å². The van der Waals surface area contributed by atoms with E-state index in [-0.39, 0.29) is 11.3 Å². The third kappa shape index (κ3) is 5.71. The Kier molecular flexibility index (Phi) is 7.61. The van der Waals surface area contributed by atoms with E-state index in [2.05, 4.69) is 5.32 Å². The van der Waals surface area contributed by atoms with Gasteiger partial charge in [-0.2, -0.15) is 0 Å². The van der Waals surface area contributed by atoms with Crippen LogP contribution >= 0.6 is 34.8 Å². The molecule has 0 aliphatic rings. The van der Waals surface area contributed by atoms with Gasteiger partial charge >= 0.3 is 5.97 Å². The lowest BCUT2D eigenvalue weighted by molar-refractivity contribution is -0.138. The first-order chi connectivity index (χ1) is 15.2. The Morgan fingerprint density at radius 2 is 1.62 bits per heavy atom. The molecule has 0 aliphatic heterocycles. The Balaban J connectivity index is 1.93. The van der Waals surface area contributed by atoms with Gasteiger partial charge in [0.2, 0.25) is 0 Å². The highest BCUT2D eigenvalue weighted by Crippen LogP contribution is 2.35. The van der Waals surface area contributed by atoms with Gasteiger partial charge in [0, 0.05) is 26.2 Å². The quantitative estimate of drug-likeness (QED) is 0.411. The fraction of sp³-hybridized carbons (Fsp3) is 0.130. The maximum Gasteiger partial charge on any atom is 0.325 e. The van der Waals surface area contributed by atoms with Gasteiger partial charge in [0.05, 0.1) is 0 Å². The van der Waals surface area contributed by atoms with Crippen LogP contribution in [-0.4, -0.2) is 23.0 Å². The lowest BCUT2D eigenvalue weighted by Crippen LogP contribution is -2.38. The van der Waals surface area contributed by atoms with Gasteiger partial charge in [-0.05, 0) is 55.0 Å². The number of carbonyl (C=O) groups excluding carboxylic acids is 1. The van der Waals surface area contributed by atoms with Gasteiger partial charge in [0.15, 0.2) is 17.7 Å². The van der Waals surface area contributed by atoms with Crippen LogP contribution in [0.2, 0.25) is 15.1 Å². The van der Waals surface area contributed by atoms with Crippen molar-refractivity contribution in [2.75, 3.05) is 0 Å². The zero-order chi connectivity index (χ0) is 23.4. The number of carboxylic acid groups (broad SMARTS) is 1. The lowest BCUT2D eigenvalue weighted by atomic mass is 10.0. The maximum atomic E-state index is 14.8. The number of benzene rings is 3. The van der Waals surface area contributed by atoms with E-state index < -0.39 is 29.8 Å². The van der Waals surface area contributed by atoms with Crippen molar-refractivity contribution in [1.82, 2.24) is 5.32 Å². The van der Waals surface area contributed by atoms with Crippen LogP contribution in [0.4, 0.5) is 4.39 Å². The van der Waals surface area contributed by atoms with Crippen molar-refractivity contribution in [2.24, 2.45) is 0 Å². The fourth-order valence-corrected chi connectivity index (χ4v) is 3.50. The highest BCUT2D eigenvalue weighted by Gasteiger charge is 2.22. The van der Waals surface area contributed by atoms with E-state index in [4.69, 9.17) is 44.6 Å². The van der Waals surface area contributed by atoms with Crippen LogP contribution in [0.3, 0.4) is 0 Å². The minimum absolute atomic E-state index is 0.0458. The van der Waals surface area contributed by atoms with E-state index in [1.54, 1.807) is 42.5 Å². The number of carboxylic acids is 1. The number of amides is 1. The third-order valence-electron chi connectivity index (χ3n) is 4.57. The van der Waals surface area contributed by atoms with E-state index in [1.807, 2.05) is 0 Å². The second kappa shape index (κ2) is 10.2. The molecule has 0 saturated heterocycles. The molecule has 1 amide bonds. The number of rotatable bonds is 7. The van der Waals surface area contributed by atoms with Crippen LogP contribution in [0.5, 0.6) is 5.75 Å². The molecule has 0 aliphatic carbocycles.